The second kappa shape index (κ2) is 7.33. The number of ether oxygens (including phenoxy) is 2. The van der Waals surface area contributed by atoms with Gasteiger partial charge in [-0.1, -0.05) is 37.3 Å². The number of hydrogen-bond donors (Lipinski definition) is 1. The first-order chi connectivity index (χ1) is 10.2. The predicted octanol–water partition coefficient (Wildman–Crippen LogP) is 3.75. The van der Waals surface area contributed by atoms with E-state index in [9.17, 15) is 9.90 Å². The van der Waals surface area contributed by atoms with Crippen molar-refractivity contribution in [2.45, 2.75) is 20.0 Å². The molecule has 2 aromatic rings. The molecule has 2 aromatic carbocycles. The Morgan fingerprint density at radius 2 is 1.86 bits per heavy atom. The number of benzene rings is 2. The first kappa shape index (κ1) is 14.9. The first-order valence-corrected chi connectivity index (χ1v) is 6.87. The van der Waals surface area contributed by atoms with Crippen LogP contribution < -0.4 is 9.47 Å². The van der Waals surface area contributed by atoms with Crippen molar-refractivity contribution >= 4 is 5.97 Å². The molecule has 4 heteroatoms. The van der Waals surface area contributed by atoms with Gasteiger partial charge in [0.15, 0.2) is 0 Å². The van der Waals surface area contributed by atoms with Crippen LogP contribution in [0.2, 0.25) is 0 Å². The van der Waals surface area contributed by atoms with Crippen molar-refractivity contribution in [1.82, 2.24) is 0 Å². The minimum absolute atomic E-state index is 0.134. The lowest BCUT2D eigenvalue weighted by atomic mass is 10.2. The molecule has 0 radical (unpaired) electrons. The SMILES string of the molecule is CCCOc1ccc(C(=O)O)c(OCc2ccccc2)c1. The third kappa shape index (κ3) is 4.24. The van der Waals surface area contributed by atoms with Gasteiger partial charge in [-0.05, 0) is 24.1 Å². The Morgan fingerprint density at radius 3 is 2.52 bits per heavy atom. The van der Waals surface area contributed by atoms with E-state index >= 15 is 0 Å². The van der Waals surface area contributed by atoms with Crippen LogP contribution >= 0.6 is 0 Å². The maximum absolute atomic E-state index is 11.2. The lowest BCUT2D eigenvalue weighted by molar-refractivity contribution is 0.0691. The van der Waals surface area contributed by atoms with Crippen LogP contribution in [0.4, 0.5) is 0 Å². The zero-order valence-corrected chi connectivity index (χ0v) is 11.9. The van der Waals surface area contributed by atoms with Gasteiger partial charge in [0.1, 0.15) is 23.7 Å². The highest BCUT2D eigenvalue weighted by atomic mass is 16.5. The van der Waals surface area contributed by atoms with Gasteiger partial charge in [-0.25, -0.2) is 4.79 Å². The van der Waals surface area contributed by atoms with Gasteiger partial charge in [0.2, 0.25) is 0 Å². The van der Waals surface area contributed by atoms with Gasteiger partial charge in [-0.2, -0.15) is 0 Å². The molecule has 4 nitrogen and oxygen atoms in total. The summed E-state index contributed by atoms with van der Waals surface area (Å²) in [6.45, 7) is 2.92. The van der Waals surface area contributed by atoms with Crippen LogP contribution in [0.25, 0.3) is 0 Å². The summed E-state index contributed by atoms with van der Waals surface area (Å²) in [5.74, 6) is -0.0787. The zero-order chi connectivity index (χ0) is 15.1. The average molecular weight is 286 g/mol. The molecule has 0 aliphatic carbocycles. The van der Waals surface area contributed by atoms with Crippen LogP contribution in [-0.2, 0) is 6.61 Å². The second-order valence-electron chi connectivity index (χ2n) is 4.59. The molecule has 0 heterocycles. The normalized spacial score (nSPS) is 10.1. The van der Waals surface area contributed by atoms with E-state index in [1.807, 2.05) is 37.3 Å². The van der Waals surface area contributed by atoms with Crippen molar-refractivity contribution in [3.63, 3.8) is 0 Å². The standard InChI is InChI=1S/C17H18O4/c1-2-10-20-14-8-9-15(17(18)19)16(11-14)21-12-13-6-4-3-5-7-13/h3-9,11H,2,10,12H2,1H3,(H,18,19). The van der Waals surface area contributed by atoms with Gasteiger partial charge in [0.05, 0.1) is 6.61 Å². The van der Waals surface area contributed by atoms with E-state index in [4.69, 9.17) is 9.47 Å². The largest absolute Gasteiger partial charge is 0.493 e. The van der Waals surface area contributed by atoms with Gasteiger partial charge < -0.3 is 14.6 Å². The Kier molecular flexibility index (Phi) is 5.21. The number of carbonyl (C=O) groups is 1. The minimum Gasteiger partial charge on any atom is -0.493 e. The molecule has 0 aromatic heterocycles. The average Bonchev–Trinajstić information content (AvgIpc) is 2.51. The molecule has 1 N–H and O–H groups in total. The molecule has 0 aliphatic rings. The zero-order valence-electron chi connectivity index (χ0n) is 11.9. The third-order valence-corrected chi connectivity index (χ3v) is 2.89. The highest BCUT2D eigenvalue weighted by Gasteiger charge is 2.13. The number of carboxylic acids is 1. The van der Waals surface area contributed by atoms with Crippen molar-refractivity contribution < 1.29 is 19.4 Å². The Morgan fingerprint density at radius 1 is 1.10 bits per heavy atom. The molecule has 0 bridgehead atoms. The molecular formula is C17H18O4. The maximum Gasteiger partial charge on any atom is 0.339 e. The summed E-state index contributed by atoms with van der Waals surface area (Å²) >= 11 is 0. The van der Waals surface area contributed by atoms with Gasteiger partial charge in [0, 0.05) is 6.07 Å². The van der Waals surface area contributed by atoms with Crippen LogP contribution in [0.3, 0.4) is 0 Å². The van der Waals surface area contributed by atoms with E-state index in [0.717, 1.165) is 12.0 Å². The molecule has 0 amide bonds. The maximum atomic E-state index is 11.2. The molecule has 21 heavy (non-hydrogen) atoms. The van der Waals surface area contributed by atoms with Crippen molar-refractivity contribution in [3.05, 3.63) is 59.7 Å². The monoisotopic (exact) mass is 286 g/mol. The predicted molar refractivity (Wildman–Crippen MR) is 80.0 cm³/mol. The number of carboxylic acid groups (broad SMARTS) is 1. The summed E-state index contributed by atoms with van der Waals surface area (Å²) < 4.78 is 11.2. The Balaban J connectivity index is 2.16. The molecule has 110 valence electrons. The first-order valence-electron chi connectivity index (χ1n) is 6.87. The number of hydrogen-bond acceptors (Lipinski definition) is 3. The minimum atomic E-state index is -1.01. The lowest BCUT2D eigenvalue weighted by Gasteiger charge is -2.12. The molecule has 0 unspecified atom stereocenters. The second-order valence-corrected chi connectivity index (χ2v) is 4.59. The number of aromatic carboxylic acids is 1. The van der Waals surface area contributed by atoms with Gasteiger partial charge in [-0.3, -0.25) is 0 Å². The van der Waals surface area contributed by atoms with Gasteiger partial charge >= 0.3 is 5.97 Å². The summed E-state index contributed by atoms with van der Waals surface area (Å²) in [5, 5.41) is 9.21. The summed E-state index contributed by atoms with van der Waals surface area (Å²) in [4.78, 5) is 11.2. The van der Waals surface area contributed by atoms with E-state index in [2.05, 4.69) is 0 Å². The van der Waals surface area contributed by atoms with Crippen molar-refractivity contribution in [1.29, 1.82) is 0 Å². The van der Waals surface area contributed by atoms with Crippen molar-refractivity contribution in [3.8, 4) is 11.5 Å². The topological polar surface area (TPSA) is 55.8 Å². The van der Waals surface area contributed by atoms with E-state index in [1.54, 1.807) is 12.1 Å². The fourth-order valence-electron chi connectivity index (χ4n) is 1.84. The Labute approximate surface area is 123 Å². The summed E-state index contributed by atoms with van der Waals surface area (Å²) in [6.07, 6.45) is 0.890. The molecule has 2 rings (SSSR count). The van der Waals surface area contributed by atoms with Gasteiger partial charge in [-0.15, -0.1) is 0 Å². The van der Waals surface area contributed by atoms with Crippen LogP contribution in [0.5, 0.6) is 11.5 Å². The van der Waals surface area contributed by atoms with E-state index in [-0.39, 0.29) is 5.56 Å². The highest BCUT2D eigenvalue weighted by Crippen LogP contribution is 2.26. The Bertz CT molecular complexity index is 593. The fourth-order valence-corrected chi connectivity index (χ4v) is 1.84. The summed E-state index contributed by atoms with van der Waals surface area (Å²) in [5.41, 5.74) is 1.11. The van der Waals surface area contributed by atoms with E-state index in [1.165, 1.54) is 6.07 Å². The van der Waals surface area contributed by atoms with Crippen LogP contribution in [0, 0.1) is 0 Å². The number of rotatable bonds is 7. The van der Waals surface area contributed by atoms with Crippen LogP contribution in [-0.4, -0.2) is 17.7 Å². The summed E-state index contributed by atoms with van der Waals surface area (Å²) in [7, 11) is 0. The van der Waals surface area contributed by atoms with E-state index in [0.29, 0.717) is 24.7 Å². The third-order valence-electron chi connectivity index (χ3n) is 2.89. The molecular weight excluding hydrogens is 268 g/mol. The Hall–Kier alpha value is -2.49. The van der Waals surface area contributed by atoms with E-state index < -0.39 is 5.97 Å². The molecule has 0 aliphatic heterocycles. The summed E-state index contributed by atoms with van der Waals surface area (Å²) in [6, 6.07) is 14.4. The van der Waals surface area contributed by atoms with Crippen LogP contribution in [0.15, 0.2) is 48.5 Å². The van der Waals surface area contributed by atoms with Crippen LogP contribution in [0.1, 0.15) is 29.3 Å². The lowest BCUT2D eigenvalue weighted by Crippen LogP contribution is -2.04. The van der Waals surface area contributed by atoms with Crippen molar-refractivity contribution in [2.75, 3.05) is 6.61 Å². The van der Waals surface area contributed by atoms with Crippen molar-refractivity contribution in [2.24, 2.45) is 0 Å². The molecule has 0 atom stereocenters. The molecule has 0 fully saturated rings. The van der Waals surface area contributed by atoms with Gasteiger partial charge in [0.25, 0.3) is 0 Å². The highest BCUT2D eigenvalue weighted by molar-refractivity contribution is 5.91. The fraction of sp³-hybridized carbons (Fsp3) is 0.235. The quantitative estimate of drug-likeness (QED) is 0.842. The molecule has 0 spiro atoms. The molecule has 0 saturated carbocycles. The smallest absolute Gasteiger partial charge is 0.339 e. The molecule has 0 saturated heterocycles.